The molecule has 0 amide bonds. The van der Waals surface area contributed by atoms with Crippen LogP contribution in [0.5, 0.6) is 0 Å². The van der Waals surface area contributed by atoms with Crippen LogP contribution in [-0.4, -0.2) is 145 Å². The third kappa shape index (κ3) is 21.7. The number of halogens is 6. The Balaban J connectivity index is 0.000000228. The van der Waals surface area contributed by atoms with Crippen molar-refractivity contribution in [1.82, 2.24) is 24.9 Å². The Hall–Kier alpha value is -4.61. The minimum absolute atomic E-state index is 0. The number of H-pyrrole nitrogens is 5. The van der Waals surface area contributed by atoms with Gasteiger partial charge in [0.05, 0.1) is 116 Å². The first-order valence-corrected chi connectivity index (χ1v) is 45.7. The Morgan fingerprint density at radius 3 is 0.909 bits per heavy atom. The SMILES string of the molecule is Br.Br.C1CCOC1.CCOC(=O)CC1(CC)OCCc2c1[nH]c1c(CC)c(Br)ccc21.CCOC(=O)CC1(CC)OCCc2c1[nH]c1c(CC)cccc21.CCc1c(Br)ccc2c3c([nH]c12)C(CC)(CC(=O)O)OCC3.CCc1c(Br)ccc2c3c([nH]c12)C(CC)(CCO)OCC3.CCc1c(Br)ccc2c3c([nH]c12)C(CC)(CCO)OCC3.[B].[Li+].[OH-]. The van der Waals surface area contributed by atoms with Crippen LogP contribution in [0.1, 0.15) is 244 Å². The average molecular weight is 2050 g/mol. The summed E-state index contributed by atoms with van der Waals surface area (Å²) in [4.78, 5) is 53.6. The van der Waals surface area contributed by atoms with Crippen molar-refractivity contribution in [3.8, 4) is 0 Å². The number of carbonyl (C=O) groups is 3. The van der Waals surface area contributed by atoms with Gasteiger partial charge in [0.25, 0.3) is 0 Å². The summed E-state index contributed by atoms with van der Waals surface area (Å²) in [5, 5.41) is 34.6. The first kappa shape index (κ1) is 105. The molecular formula is C93H124BBr6LiN5O15. The number of benzene rings is 5. The van der Waals surface area contributed by atoms with Crippen LogP contribution in [0.4, 0.5) is 0 Å². The summed E-state index contributed by atoms with van der Waals surface area (Å²) >= 11 is 14.6. The quantitative estimate of drug-likeness (QED) is 0.0231. The van der Waals surface area contributed by atoms with Crippen molar-refractivity contribution < 1.29 is 91.9 Å². The van der Waals surface area contributed by atoms with Gasteiger partial charge in [0.1, 0.15) is 28.0 Å². The zero-order valence-electron chi connectivity index (χ0n) is 72.9. The summed E-state index contributed by atoms with van der Waals surface area (Å²) in [6, 6.07) is 23.6. The number of para-hydroxylation sites is 1. The molecule has 5 atom stereocenters. The number of aromatic amines is 5. The number of ether oxygens (including phenoxy) is 8. The van der Waals surface area contributed by atoms with Crippen LogP contribution in [0, 0.1) is 0 Å². The maximum atomic E-state index is 12.2. The summed E-state index contributed by atoms with van der Waals surface area (Å²) in [6.07, 6.45) is 17.5. The van der Waals surface area contributed by atoms with Crippen molar-refractivity contribution in [2.24, 2.45) is 0 Å². The van der Waals surface area contributed by atoms with Crippen LogP contribution in [0.25, 0.3) is 54.5 Å². The molecule has 11 heterocycles. The minimum atomic E-state index is -0.828. The first-order valence-electron chi connectivity index (χ1n) is 42.5. The van der Waals surface area contributed by atoms with Crippen LogP contribution in [0.2, 0.25) is 0 Å². The molecule has 657 valence electrons. The zero-order chi connectivity index (χ0) is 83.3. The molecule has 10 aromatic rings. The van der Waals surface area contributed by atoms with Gasteiger partial charge < -0.3 is 83.6 Å². The number of fused-ring (bicyclic) bond motifs is 15. The van der Waals surface area contributed by atoms with Crippen LogP contribution in [0.3, 0.4) is 0 Å². The van der Waals surface area contributed by atoms with Gasteiger partial charge in [-0.05, 0) is 203 Å². The largest absolute Gasteiger partial charge is 1.00 e. The Morgan fingerprint density at radius 1 is 0.388 bits per heavy atom. The van der Waals surface area contributed by atoms with Crippen molar-refractivity contribution in [2.45, 2.75) is 252 Å². The van der Waals surface area contributed by atoms with E-state index in [1.807, 2.05) is 20.8 Å². The fourth-order valence-electron chi connectivity index (χ4n) is 18.7. The fourth-order valence-corrected chi connectivity index (χ4v) is 21.1. The van der Waals surface area contributed by atoms with Crippen LogP contribution in [-0.2, 0) is 144 Å². The number of nitrogens with one attached hydrogen (secondary N) is 5. The molecule has 1 saturated heterocycles. The molecule has 0 aliphatic carbocycles. The molecule has 0 bridgehead atoms. The second kappa shape index (κ2) is 47.4. The molecule has 5 aromatic carbocycles. The van der Waals surface area contributed by atoms with Crippen molar-refractivity contribution >= 4 is 179 Å². The maximum Gasteiger partial charge on any atom is 1.00 e. The van der Waals surface area contributed by atoms with Crippen molar-refractivity contribution in [3.05, 3.63) is 169 Å². The Labute approximate surface area is 782 Å². The predicted octanol–water partition coefficient (Wildman–Crippen LogP) is 19.1. The maximum absolute atomic E-state index is 12.2. The molecule has 5 unspecified atom stereocenters. The number of hydrogen-bond acceptors (Lipinski definition) is 14. The van der Waals surface area contributed by atoms with E-state index >= 15 is 0 Å². The van der Waals surface area contributed by atoms with Crippen LogP contribution in [0.15, 0.2) is 84.6 Å². The topological polar surface area (TPSA) is 295 Å². The van der Waals surface area contributed by atoms with E-state index in [1.54, 1.807) is 0 Å². The van der Waals surface area contributed by atoms with Crippen molar-refractivity contribution in [3.63, 3.8) is 0 Å². The Bertz CT molecular complexity index is 4980. The Kier molecular flexibility index (Phi) is 41.2. The number of aliphatic carboxylic acids is 1. The smallest absolute Gasteiger partial charge is 0.870 e. The van der Waals surface area contributed by atoms with E-state index in [0.717, 1.165) is 162 Å². The second-order valence-corrected chi connectivity index (χ2v) is 34.2. The van der Waals surface area contributed by atoms with Gasteiger partial charge in [-0.25, -0.2) is 0 Å². The Morgan fingerprint density at radius 2 is 0.661 bits per heavy atom. The van der Waals surface area contributed by atoms with Gasteiger partial charge in [-0.2, -0.15) is 0 Å². The van der Waals surface area contributed by atoms with E-state index in [1.165, 1.54) is 123 Å². The third-order valence-corrected chi connectivity index (χ3v) is 27.9. The summed E-state index contributed by atoms with van der Waals surface area (Å²) in [6.45, 7) is 31.2. The summed E-state index contributed by atoms with van der Waals surface area (Å²) in [5.41, 5.74) is 21.6. The molecule has 5 aromatic heterocycles. The van der Waals surface area contributed by atoms with E-state index in [9.17, 15) is 29.7 Å². The summed E-state index contributed by atoms with van der Waals surface area (Å²) in [5.74, 6) is -1.23. The van der Waals surface area contributed by atoms with E-state index in [4.69, 9.17) is 37.9 Å². The van der Waals surface area contributed by atoms with E-state index in [-0.39, 0.29) is 122 Å². The molecule has 6 aliphatic heterocycles. The molecule has 0 saturated carbocycles. The van der Waals surface area contributed by atoms with Crippen LogP contribution >= 0.6 is 97.7 Å². The fraction of sp³-hybridized carbons (Fsp3) is 0.538. The normalized spacial score (nSPS) is 20.2. The number of aromatic nitrogens is 5. The van der Waals surface area contributed by atoms with E-state index in [0.29, 0.717) is 52.3 Å². The minimum Gasteiger partial charge on any atom is -0.870 e. The molecular weight excluding hydrogens is 1920 g/mol. The standard InChI is InChI=1S/C19H24BrNO3.C19H25NO3.C17H20BrNO3.2C17H22BrNO2.C4H8O.B.2BrH.Li.H2O/c1-4-12-15(20)8-7-13-14-9-10-24-19(5-2,11-16(22)23-6-3)18(14)21-17(12)13;1-4-13-8-7-9-14-15-10-11-23-19(5-2,12-16(21)22-6-3)18(15)20-17(13)14;1-3-10-13(18)6-5-11-12-7-8-22-17(4-2,9-14(20)21)16(12)19-15(10)11;2*1-3-11-14(18)6-5-12-13-7-10-21-17(4-2,8-9-20)16(13)19-15(11)12;1-2-4-5-3-1;;;;;/h7-8,21H,4-6,9-11H2,1-3H3;7-9,20H,4-6,10-12H2,1-3H3;5-6,19H,3-4,7-9H2,1-2H3,(H,20,21);2*5-6,19-20H,3-4,7-10H2,1-2H3;1-4H2;;2*1H;;1H2/q;;;;;;;;;+1;/p-1. The number of carbonyl (C=O) groups excluding carboxylic acids is 2. The number of aryl methyl sites for hydroxylation is 5. The molecule has 3 radical (unpaired) electrons. The summed E-state index contributed by atoms with van der Waals surface area (Å²) in [7, 11) is 0. The van der Waals surface area contributed by atoms with Gasteiger partial charge in [0, 0.05) is 98.0 Å². The van der Waals surface area contributed by atoms with Gasteiger partial charge in [-0.15, -0.1) is 34.0 Å². The zero-order valence-corrected chi connectivity index (χ0v) is 82.6. The summed E-state index contributed by atoms with van der Waals surface area (Å²) < 4.78 is 50.3. The number of aliphatic hydroxyl groups is 2. The van der Waals surface area contributed by atoms with E-state index < -0.39 is 22.8 Å². The van der Waals surface area contributed by atoms with Gasteiger partial charge in [0.15, 0.2) is 0 Å². The molecule has 1 fully saturated rings. The van der Waals surface area contributed by atoms with Crippen molar-refractivity contribution in [2.75, 3.05) is 72.7 Å². The number of aliphatic hydroxyl groups excluding tert-OH is 2. The van der Waals surface area contributed by atoms with Crippen LogP contribution < -0.4 is 18.9 Å². The number of carboxylic acids is 1. The monoisotopic (exact) mass is 2040 g/mol. The molecule has 28 heteroatoms. The number of esters is 2. The molecule has 6 aliphatic rings. The number of hydrogen-bond donors (Lipinski definition) is 8. The predicted molar refractivity (Wildman–Crippen MR) is 504 cm³/mol. The first-order chi connectivity index (χ1) is 56.1. The number of carboxylic acid groups (broad SMARTS) is 1. The average Bonchev–Trinajstić information content (AvgIpc) is 1.65. The van der Waals surface area contributed by atoms with Gasteiger partial charge in [-0.1, -0.05) is 175 Å². The van der Waals surface area contributed by atoms with Crippen molar-refractivity contribution in [1.29, 1.82) is 0 Å². The van der Waals surface area contributed by atoms with Gasteiger partial charge in [-0.3, -0.25) is 14.4 Å². The van der Waals surface area contributed by atoms with E-state index in [2.05, 4.69) is 218 Å². The molecule has 16 rings (SSSR count). The third-order valence-electron chi connectivity index (χ3n) is 24.9. The van der Waals surface area contributed by atoms with Gasteiger partial charge in [0.2, 0.25) is 0 Å². The molecule has 9 N–H and O–H groups in total. The molecule has 121 heavy (non-hydrogen) atoms. The van der Waals surface area contributed by atoms with Gasteiger partial charge >= 0.3 is 36.8 Å². The number of rotatable bonds is 22. The molecule has 0 spiro atoms. The molecule has 20 nitrogen and oxygen atoms in total. The second-order valence-electron chi connectivity index (χ2n) is 30.8.